The van der Waals surface area contributed by atoms with Gasteiger partial charge in [-0.3, -0.25) is 4.79 Å². The van der Waals surface area contributed by atoms with E-state index < -0.39 is 70.3 Å². The van der Waals surface area contributed by atoms with Crippen LogP contribution >= 0.6 is 0 Å². The van der Waals surface area contributed by atoms with Gasteiger partial charge in [-0.2, -0.15) is 22.0 Å². The third kappa shape index (κ3) is 2.59. The molecule has 2 unspecified atom stereocenters. The molecule has 2 atom stereocenters. The zero-order valence-corrected chi connectivity index (χ0v) is 13.5. The van der Waals surface area contributed by atoms with Crippen molar-refractivity contribution in [2.24, 2.45) is 11.3 Å². The second-order valence-electron chi connectivity index (χ2n) is 6.24. The van der Waals surface area contributed by atoms with Crippen molar-refractivity contribution in [1.29, 1.82) is 0 Å². The van der Waals surface area contributed by atoms with Crippen LogP contribution in [0.25, 0.3) is 0 Å². The SMILES string of the molecule is COc1c(F)c(F)c(COC(=O)C2C(C)(C)C2(F)C(F)(F)F)c(F)c1F. The summed E-state index contributed by atoms with van der Waals surface area (Å²) in [6, 6.07) is 0. The van der Waals surface area contributed by atoms with Gasteiger partial charge in [-0.15, -0.1) is 0 Å². The monoisotopic (exact) mass is 392 g/mol. The fourth-order valence-corrected chi connectivity index (χ4v) is 2.89. The highest BCUT2D eigenvalue weighted by atomic mass is 19.4. The van der Waals surface area contributed by atoms with Gasteiger partial charge in [0.05, 0.1) is 12.7 Å². The predicted octanol–water partition coefficient (Wildman–Crippen LogP) is 4.22. The van der Waals surface area contributed by atoms with Gasteiger partial charge in [-0.1, -0.05) is 13.8 Å². The molecule has 1 aliphatic carbocycles. The topological polar surface area (TPSA) is 35.5 Å². The van der Waals surface area contributed by atoms with Gasteiger partial charge in [0.1, 0.15) is 12.5 Å². The van der Waals surface area contributed by atoms with Gasteiger partial charge < -0.3 is 9.47 Å². The number of benzene rings is 1. The van der Waals surface area contributed by atoms with Crippen LogP contribution in [0.2, 0.25) is 0 Å². The van der Waals surface area contributed by atoms with Crippen molar-refractivity contribution in [3.8, 4) is 5.75 Å². The number of methoxy groups -OCH3 is 1. The van der Waals surface area contributed by atoms with Crippen LogP contribution in [0.1, 0.15) is 19.4 Å². The first kappa shape index (κ1) is 20.2. The second-order valence-corrected chi connectivity index (χ2v) is 6.24. The van der Waals surface area contributed by atoms with Crippen LogP contribution in [-0.2, 0) is 16.1 Å². The molecule has 0 spiro atoms. The molecule has 0 aromatic heterocycles. The zero-order chi connectivity index (χ0) is 20.2. The van der Waals surface area contributed by atoms with E-state index in [1.807, 2.05) is 0 Å². The Labute approximate surface area is 141 Å². The van der Waals surface area contributed by atoms with Crippen LogP contribution in [-0.4, -0.2) is 24.9 Å². The minimum Gasteiger partial charge on any atom is -0.491 e. The molecule has 11 heteroatoms. The fourth-order valence-electron chi connectivity index (χ4n) is 2.89. The number of ether oxygens (including phenoxy) is 2. The summed E-state index contributed by atoms with van der Waals surface area (Å²) in [5.74, 6) is -13.1. The van der Waals surface area contributed by atoms with Crippen molar-refractivity contribution in [3.63, 3.8) is 0 Å². The molecule has 0 N–H and O–H groups in total. The van der Waals surface area contributed by atoms with Crippen molar-refractivity contribution >= 4 is 5.97 Å². The molecule has 1 aromatic rings. The number of carbonyl (C=O) groups is 1. The average Bonchev–Trinajstić information content (AvgIpc) is 3.00. The van der Waals surface area contributed by atoms with Crippen LogP contribution in [0.15, 0.2) is 0 Å². The Balaban J connectivity index is 2.25. The van der Waals surface area contributed by atoms with Crippen molar-refractivity contribution in [1.82, 2.24) is 0 Å². The Morgan fingerprint density at radius 1 is 1.04 bits per heavy atom. The van der Waals surface area contributed by atoms with Gasteiger partial charge in [0, 0.05) is 5.41 Å². The molecule has 1 aromatic carbocycles. The summed E-state index contributed by atoms with van der Waals surface area (Å²) in [4.78, 5) is 11.8. The van der Waals surface area contributed by atoms with E-state index in [4.69, 9.17) is 0 Å². The molecule has 0 heterocycles. The van der Waals surface area contributed by atoms with Crippen LogP contribution in [0.5, 0.6) is 5.75 Å². The Hall–Kier alpha value is -2.07. The van der Waals surface area contributed by atoms with E-state index in [0.29, 0.717) is 0 Å². The first-order valence-corrected chi connectivity index (χ1v) is 7.04. The minimum absolute atomic E-state index is 0.743. The van der Waals surface area contributed by atoms with E-state index in [0.717, 1.165) is 21.0 Å². The van der Waals surface area contributed by atoms with Gasteiger partial charge in [0.15, 0.2) is 17.4 Å². The first-order valence-electron chi connectivity index (χ1n) is 7.04. The van der Waals surface area contributed by atoms with Crippen LogP contribution in [0, 0.1) is 34.6 Å². The van der Waals surface area contributed by atoms with Gasteiger partial charge >= 0.3 is 12.1 Å². The lowest BCUT2D eigenvalue weighted by Crippen LogP contribution is -2.33. The number of carbonyl (C=O) groups excluding carboxylic acids is 1. The molecule has 0 aliphatic heterocycles. The first-order chi connectivity index (χ1) is 11.7. The molecular formula is C15H12F8O3. The maximum atomic E-state index is 14.1. The summed E-state index contributed by atoms with van der Waals surface area (Å²) in [6.07, 6.45) is -5.38. The maximum Gasteiger partial charge on any atom is 0.423 e. The molecule has 0 saturated heterocycles. The number of halogens is 8. The Bertz CT molecular complexity index is 729. The number of hydrogen-bond donors (Lipinski definition) is 0. The van der Waals surface area contributed by atoms with E-state index in [1.165, 1.54) is 0 Å². The van der Waals surface area contributed by atoms with Crippen molar-refractivity contribution in [2.75, 3.05) is 7.11 Å². The molecule has 1 saturated carbocycles. The average molecular weight is 392 g/mol. The molecule has 2 rings (SSSR count). The van der Waals surface area contributed by atoms with E-state index in [2.05, 4.69) is 9.47 Å². The van der Waals surface area contributed by atoms with Gasteiger partial charge in [0.25, 0.3) is 0 Å². The normalized spacial score (nSPS) is 24.3. The zero-order valence-electron chi connectivity index (χ0n) is 13.5. The number of alkyl halides is 4. The van der Waals surface area contributed by atoms with Gasteiger partial charge in [-0.05, 0) is 0 Å². The fraction of sp³-hybridized carbons (Fsp3) is 0.533. The molecule has 3 nitrogen and oxygen atoms in total. The number of rotatable bonds is 4. The molecule has 146 valence electrons. The van der Waals surface area contributed by atoms with Crippen LogP contribution in [0.4, 0.5) is 35.1 Å². The Morgan fingerprint density at radius 2 is 1.50 bits per heavy atom. The lowest BCUT2D eigenvalue weighted by atomic mass is 10.1. The van der Waals surface area contributed by atoms with Gasteiger partial charge in [-0.25, -0.2) is 13.2 Å². The van der Waals surface area contributed by atoms with Crippen molar-refractivity contribution in [2.45, 2.75) is 32.3 Å². The summed E-state index contributed by atoms with van der Waals surface area (Å²) in [6.45, 7) is 0.204. The van der Waals surface area contributed by atoms with Gasteiger partial charge in [0.2, 0.25) is 17.3 Å². The van der Waals surface area contributed by atoms with E-state index in [-0.39, 0.29) is 0 Å². The quantitative estimate of drug-likeness (QED) is 0.437. The Morgan fingerprint density at radius 3 is 1.85 bits per heavy atom. The van der Waals surface area contributed by atoms with Crippen molar-refractivity contribution in [3.05, 3.63) is 28.8 Å². The highest BCUT2D eigenvalue weighted by Gasteiger charge is 2.88. The third-order valence-corrected chi connectivity index (χ3v) is 4.50. The maximum absolute atomic E-state index is 14.1. The van der Waals surface area contributed by atoms with Crippen LogP contribution < -0.4 is 4.74 Å². The molecule has 0 radical (unpaired) electrons. The van der Waals surface area contributed by atoms with E-state index in [9.17, 15) is 39.9 Å². The third-order valence-electron chi connectivity index (χ3n) is 4.50. The smallest absolute Gasteiger partial charge is 0.423 e. The van der Waals surface area contributed by atoms with Crippen LogP contribution in [0.3, 0.4) is 0 Å². The molecule has 26 heavy (non-hydrogen) atoms. The molecular weight excluding hydrogens is 380 g/mol. The molecule has 1 fully saturated rings. The summed E-state index contributed by atoms with van der Waals surface area (Å²) in [7, 11) is 0.743. The largest absolute Gasteiger partial charge is 0.491 e. The summed E-state index contributed by atoms with van der Waals surface area (Å²) in [5, 5.41) is 0. The molecule has 0 amide bonds. The highest BCUT2D eigenvalue weighted by Crippen LogP contribution is 2.71. The Kier molecular flexibility index (Phi) is 4.66. The molecule has 1 aliphatic rings. The van der Waals surface area contributed by atoms with Crippen molar-refractivity contribution < 1.29 is 49.4 Å². The number of hydrogen-bond acceptors (Lipinski definition) is 3. The summed E-state index contributed by atoms with van der Waals surface area (Å²) < 4.78 is 116. The predicted molar refractivity (Wildman–Crippen MR) is 69.8 cm³/mol. The summed E-state index contributed by atoms with van der Waals surface area (Å²) in [5.41, 5.74) is -7.44. The van der Waals surface area contributed by atoms with E-state index in [1.54, 1.807) is 0 Å². The highest BCUT2D eigenvalue weighted by molar-refractivity contribution is 5.80. The standard InChI is InChI=1S/C15H12F8O3/c1-13(2)11(14(13,20)15(21,22)23)12(24)26-4-5-6(16)8(18)10(25-3)9(19)7(5)17/h11H,4H2,1-3H3. The molecule has 0 bridgehead atoms. The lowest BCUT2D eigenvalue weighted by molar-refractivity contribution is -0.208. The summed E-state index contributed by atoms with van der Waals surface area (Å²) >= 11 is 0. The minimum atomic E-state index is -5.38. The second kappa shape index (κ2) is 5.98. The van der Waals surface area contributed by atoms with E-state index >= 15 is 0 Å². The lowest BCUT2D eigenvalue weighted by Gasteiger charge is -2.14. The number of esters is 1.